The third-order valence-electron chi connectivity index (χ3n) is 6.43. The van der Waals surface area contributed by atoms with Crippen LogP contribution in [0.5, 0.6) is 0 Å². The van der Waals surface area contributed by atoms with Crippen LogP contribution in [0.2, 0.25) is 5.02 Å². The number of guanidine groups is 1. The van der Waals surface area contributed by atoms with Crippen LogP contribution >= 0.6 is 23.2 Å². The van der Waals surface area contributed by atoms with Crippen LogP contribution in [0, 0.1) is 0 Å². The first-order chi connectivity index (χ1) is 18.8. The number of primary sulfonamides is 1. The summed E-state index contributed by atoms with van der Waals surface area (Å²) < 4.78 is 52.0. The summed E-state index contributed by atoms with van der Waals surface area (Å²) >= 11 is 12.4. The lowest BCUT2D eigenvalue weighted by Crippen LogP contribution is -2.42. The van der Waals surface area contributed by atoms with Gasteiger partial charge in [-0.2, -0.15) is 5.10 Å². The van der Waals surface area contributed by atoms with Gasteiger partial charge in [-0.15, -0.1) is 11.6 Å². The minimum Gasteiger partial charge on any atom is -0.251 e. The molecule has 2 aromatic rings. The Labute approximate surface area is 245 Å². The summed E-state index contributed by atoms with van der Waals surface area (Å²) in [7, 11) is -7.62. The molecule has 0 saturated carbocycles. The Balaban J connectivity index is 1.66. The minimum absolute atomic E-state index is 0.0361. The van der Waals surface area contributed by atoms with Crippen LogP contribution in [0.4, 0.5) is 0 Å². The first-order valence-corrected chi connectivity index (χ1v) is 16.6. The number of nitrogens with zero attached hydrogens (tertiary/aromatic N) is 3. The van der Waals surface area contributed by atoms with E-state index in [9.17, 15) is 16.8 Å². The maximum absolute atomic E-state index is 13.4. The third kappa shape index (κ3) is 8.17. The van der Waals surface area contributed by atoms with Crippen molar-refractivity contribution in [3.8, 4) is 0 Å². The van der Waals surface area contributed by atoms with Crippen LogP contribution in [0.25, 0.3) is 0 Å². The highest BCUT2D eigenvalue weighted by Crippen LogP contribution is 2.31. The van der Waals surface area contributed by atoms with E-state index >= 15 is 0 Å². The SMILES string of the molecule is CC1(Cl)C=CC(S(=O)(=O)NC(=NCCCCS(N)(=O)=O)N2C[C@H](c3ccccc3)C(c3ccc(Cl)cc3)=N2)=CC1. The number of hydrogen-bond acceptors (Lipinski definition) is 6. The molecule has 13 heteroatoms. The number of alkyl halides is 1. The van der Waals surface area contributed by atoms with Gasteiger partial charge in [-0.1, -0.05) is 66.2 Å². The van der Waals surface area contributed by atoms with Gasteiger partial charge in [0.15, 0.2) is 0 Å². The molecular weight excluding hydrogens is 593 g/mol. The molecule has 2 aliphatic rings. The van der Waals surface area contributed by atoms with Crippen molar-refractivity contribution < 1.29 is 16.8 Å². The Morgan fingerprint density at radius 3 is 2.45 bits per heavy atom. The molecule has 0 radical (unpaired) electrons. The van der Waals surface area contributed by atoms with E-state index in [1.165, 1.54) is 11.1 Å². The second-order valence-corrected chi connectivity index (χ2v) is 14.6. The normalized spacial score (nSPS) is 21.8. The van der Waals surface area contributed by atoms with Crippen LogP contribution in [0.15, 0.2) is 87.8 Å². The van der Waals surface area contributed by atoms with Crippen molar-refractivity contribution in [2.24, 2.45) is 15.2 Å². The van der Waals surface area contributed by atoms with Gasteiger partial charge in [0, 0.05) is 17.5 Å². The quantitative estimate of drug-likeness (QED) is 0.185. The van der Waals surface area contributed by atoms with Gasteiger partial charge < -0.3 is 0 Å². The molecule has 0 bridgehead atoms. The van der Waals surface area contributed by atoms with E-state index in [1.807, 2.05) is 42.5 Å². The predicted octanol–water partition coefficient (Wildman–Crippen LogP) is 4.33. The van der Waals surface area contributed by atoms with Crippen molar-refractivity contribution in [2.75, 3.05) is 18.8 Å². The van der Waals surface area contributed by atoms with E-state index in [2.05, 4.69) is 9.71 Å². The van der Waals surface area contributed by atoms with Crippen molar-refractivity contribution >= 4 is 54.9 Å². The number of unbranched alkanes of at least 4 members (excludes halogenated alkanes) is 1. The number of halogens is 2. The molecule has 0 saturated heterocycles. The average molecular weight is 625 g/mol. The van der Waals surface area contributed by atoms with Crippen LogP contribution in [0.3, 0.4) is 0 Å². The van der Waals surface area contributed by atoms with Crippen LogP contribution in [0.1, 0.15) is 43.2 Å². The van der Waals surface area contributed by atoms with Gasteiger partial charge in [-0.25, -0.2) is 31.7 Å². The summed E-state index contributed by atoms with van der Waals surface area (Å²) in [6.45, 7) is 2.29. The zero-order valence-electron chi connectivity index (χ0n) is 21.9. The van der Waals surface area contributed by atoms with Crippen LogP contribution in [-0.2, 0) is 20.0 Å². The number of rotatable bonds is 9. The van der Waals surface area contributed by atoms with E-state index < -0.39 is 24.9 Å². The number of aliphatic imine (C=N–C) groups is 1. The van der Waals surface area contributed by atoms with Gasteiger partial charge in [0.25, 0.3) is 10.0 Å². The third-order valence-corrected chi connectivity index (χ3v) is 9.20. The Morgan fingerprint density at radius 1 is 1.12 bits per heavy atom. The summed E-state index contributed by atoms with van der Waals surface area (Å²) in [6, 6.07) is 17.1. The number of hydrogen-bond donors (Lipinski definition) is 2. The highest BCUT2D eigenvalue weighted by Gasteiger charge is 2.34. The first-order valence-electron chi connectivity index (χ1n) is 12.7. The largest absolute Gasteiger partial charge is 0.263 e. The van der Waals surface area contributed by atoms with Crippen LogP contribution < -0.4 is 9.86 Å². The van der Waals surface area contributed by atoms with Gasteiger partial charge in [-0.3, -0.25) is 4.99 Å². The smallest absolute Gasteiger partial charge is 0.251 e. The van der Waals surface area contributed by atoms with Crippen LogP contribution in [-0.4, -0.2) is 57.2 Å². The van der Waals surface area contributed by atoms with Crippen molar-refractivity contribution in [3.63, 3.8) is 0 Å². The summed E-state index contributed by atoms with van der Waals surface area (Å²) in [5, 5.41) is 12.0. The van der Waals surface area contributed by atoms with E-state index in [-0.39, 0.29) is 35.5 Å². The second kappa shape index (κ2) is 12.4. The molecule has 2 atom stereocenters. The Kier molecular flexibility index (Phi) is 9.41. The van der Waals surface area contributed by atoms with E-state index in [0.29, 0.717) is 24.4 Å². The molecule has 1 heterocycles. The maximum atomic E-state index is 13.4. The molecule has 1 aliphatic heterocycles. The number of nitrogens with two attached hydrogens (primary N) is 1. The number of benzene rings is 2. The fraction of sp³-hybridized carbons (Fsp3) is 0.333. The molecule has 0 spiro atoms. The summed E-state index contributed by atoms with van der Waals surface area (Å²) in [5.41, 5.74) is 2.59. The molecule has 3 N–H and O–H groups in total. The summed E-state index contributed by atoms with van der Waals surface area (Å²) in [5.74, 6) is -0.323. The zero-order valence-corrected chi connectivity index (χ0v) is 25.0. The number of allylic oxidation sites excluding steroid dienone is 3. The van der Waals surface area contributed by atoms with Gasteiger partial charge in [0.05, 0.1) is 27.8 Å². The fourth-order valence-corrected chi connectivity index (χ4v) is 6.25. The highest BCUT2D eigenvalue weighted by atomic mass is 35.5. The van der Waals surface area contributed by atoms with E-state index in [0.717, 1.165) is 16.8 Å². The Bertz CT molecular complexity index is 1550. The Hall–Kier alpha value is -2.70. The van der Waals surface area contributed by atoms with Crippen molar-refractivity contribution in [1.29, 1.82) is 0 Å². The van der Waals surface area contributed by atoms with Crippen molar-refractivity contribution in [2.45, 2.75) is 37.0 Å². The molecule has 4 rings (SSSR count). The molecule has 0 aromatic heterocycles. The summed E-state index contributed by atoms with van der Waals surface area (Å²) in [4.78, 5) is 3.93. The molecule has 2 aromatic carbocycles. The topological polar surface area (TPSA) is 134 Å². The monoisotopic (exact) mass is 623 g/mol. The zero-order chi connectivity index (χ0) is 29.0. The number of sulfonamides is 2. The average Bonchev–Trinajstić information content (AvgIpc) is 3.33. The molecule has 9 nitrogen and oxygen atoms in total. The first kappa shape index (κ1) is 30.3. The maximum Gasteiger partial charge on any atom is 0.263 e. The summed E-state index contributed by atoms with van der Waals surface area (Å²) in [6.07, 6.45) is 5.71. The van der Waals surface area contributed by atoms with Gasteiger partial charge >= 0.3 is 0 Å². The molecule has 0 fully saturated rings. The molecule has 0 amide bonds. The lowest BCUT2D eigenvalue weighted by molar-refractivity contribution is 0.460. The fourth-order valence-electron chi connectivity index (χ4n) is 4.30. The van der Waals surface area contributed by atoms with Gasteiger partial charge in [0.1, 0.15) is 0 Å². The molecule has 40 heavy (non-hydrogen) atoms. The molecule has 1 aliphatic carbocycles. The second-order valence-electron chi connectivity index (χ2n) is 9.84. The molecule has 1 unspecified atom stereocenters. The standard InChI is InChI=1S/C27H31Cl2N5O4S2/c1-27(29)15-13-23(14-16-27)40(37,38)33-26(31-17-5-6-18-39(30,35)36)34-19-24(20-7-3-2-4-8-20)25(32-34)21-9-11-22(28)12-10-21/h2-4,7-15,24H,5-6,16-19H2,1H3,(H,31,33)(H2,30,35,36)/t24-,27?/m1/s1. The Morgan fingerprint density at radius 2 is 1.82 bits per heavy atom. The van der Waals surface area contributed by atoms with Crippen molar-refractivity contribution in [1.82, 2.24) is 9.73 Å². The van der Waals surface area contributed by atoms with Crippen molar-refractivity contribution in [3.05, 3.63) is 93.9 Å². The number of hydrazone groups is 1. The van der Waals surface area contributed by atoms with Gasteiger partial charge in [0.2, 0.25) is 16.0 Å². The highest BCUT2D eigenvalue weighted by molar-refractivity contribution is 7.94. The lowest BCUT2D eigenvalue weighted by Gasteiger charge is -2.23. The number of nitrogens with one attached hydrogen (secondary N) is 1. The van der Waals surface area contributed by atoms with E-state index in [1.54, 1.807) is 31.2 Å². The van der Waals surface area contributed by atoms with Gasteiger partial charge in [-0.05, 0) is 55.5 Å². The van der Waals surface area contributed by atoms with E-state index in [4.69, 9.17) is 33.4 Å². The predicted molar refractivity (Wildman–Crippen MR) is 162 cm³/mol. The lowest BCUT2D eigenvalue weighted by atomic mass is 9.91. The molecular formula is C27H31Cl2N5O4S2. The minimum atomic E-state index is -4.02. The molecule has 214 valence electrons.